The smallest absolute Gasteiger partial charge is 0.225 e. The third-order valence-electron chi connectivity index (χ3n) is 11.0. The van der Waals surface area contributed by atoms with Gasteiger partial charge in [0.15, 0.2) is 0 Å². The molecule has 40 heavy (non-hydrogen) atoms. The van der Waals surface area contributed by atoms with E-state index < -0.39 is 0 Å². The SMILES string of the molecule is CN1CCN(c2ccc(NC(=O)CC[C@@H]3c4c[nH]nc4[C@@]4(C)CCC5C6CC=CC(F)=C6CCC5C34)nc2)CC1. The Balaban J connectivity index is 1.04. The van der Waals surface area contributed by atoms with Gasteiger partial charge in [0, 0.05) is 44.2 Å². The second-order valence-corrected chi connectivity index (χ2v) is 13.0. The molecule has 8 heteroatoms. The van der Waals surface area contributed by atoms with Crippen molar-refractivity contribution in [1.29, 1.82) is 0 Å². The molecule has 0 aromatic carbocycles. The van der Waals surface area contributed by atoms with Crippen molar-refractivity contribution in [3.05, 3.63) is 59.3 Å². The number of aromatic nitrogens is 3. The molecule has 2 aromatic rings. The van der Waals surface area contributed by atoms with Gasteiger partial charge < -0.3 is 15.1 Å². The predicted molar refractivity (Wildman–Crippen MR) is 155 cm³/mol. The van der Waals surface area contributed by atoms with Crippen LogP contribution in [-0.2, 0) is 10.2 Å². The summed E-state index contributed by atoms with van der Waals surface area (Å²) in [6, 6.07) is 3.98. The van der Waals surface area contributed by atoms with E-state index in [4.69, 9.17) is 5.10 Å². The molecule has 7 rings (SSSR count). The number of fused-ring (bicyclic) bond motifs is 7. The lowest BCUT2D eigenvalue weighted by Gasteiger charge is -2.53. The van der Waals surface area contributed by atoms with Crippen molar-refractivity contribution in [1.82, 2.24) is 20.1 Å². The van der Waals surface area contributed by atoms with Crippen molar-refractivity contribution in [2.45, 2.75) is 63.2 Å². The Morgan fingerprint density at radius 2 is 2.05 bits per heavy atom. The predicted octanol–water partition coefficient (Wildman–Crippen LogP) is 5.57. The number of carbonyl (C=O) groups excluding carboxylic acids is 1. The number of allylic oxidation sites excluding steroid dienone is 4. The number of rotatable bonds is 5. The number of pyridine rings is 1. The molecule has 3 fully saturated rings. The number of anilines is 2. The van der Waals surface area contributed by atoms with E-state index in [0.29, 0.717) is 41.8 Å². The van der Waals surface area contributed by atoms with Crippen molar-refractivity contribution in [2.75, 3.05) is 43.4 Å². The van der Waals surface area contributed by atoms with Gasteiger partial charge in [-0.05, 0) is 105 Å². The zero-order chi connectivity index (χ0) is 27.4. The Bertz CT molecular complexity index is 1330. The number of nitrogens with zero attached hydrogens (tertiary/aromatic N) is 4. The number of carbonyl (C=O) groups is 1. The molecule has 6 atom stereocenters. The fraction of sp³-hybridized carbons (Fsp3) is 0.594. The van der Waals surface area contributed by atoms with Crippen molar-refractivity contribution in [3.8, 4) is 0 Å². The van der Waals surface area contributed by atoms with Gasteiger partial charge in [0.25, 0.3) is 0 Å². The summed E-state index contributed by atoms with van der Waals surface area (Å²) in [4.78, 5) is 22.4. The van der Waals surface area contributed by atoms with E-state index >= 15 is 0 Å². The highest BCUT2D eigenvalue weighted by Gasteiger charge is 2.59. The molecule has 1 amide bonds. The van der Waals surface area contributed by atoms with E-state index in [-0.39, 0.29) is 17.1 Å². The lowest BCUT2D eigenvalue weighted by molar-refractivity contribution is -0.116. The molecule has 2 saturated carbocycles. The summed E-state index contributed by atoms with van der Waals surface area (Å²) in [7, 11) is 2.15. The maximum absolute atomic E-state index is 14.7. The van der Waals surface area contributed by atoms with E-state index in [9.17, 15) is 9.18 Å². The third-order valence-corrected chi connectivity index (χ3v) is 11.0. The van der Waals surface area contributed by atoms with Gasteiger partial charge in [0.1, 0.15) is 11.6 Å². The molecule has 2 N–H and O–H groups in total. The molecule has 1 aliphatic heterocycles. The zero-order valence-corrected chi connectivity index (χ0v) is 23.7. The molecule has 7 nitrogen and oxygen atoms in total. The van der Waals surface area contributed by atoms with E-state index in [1.54, 1.807) is 6.08 Å². The van der Waals surface area contributed by atoms with Crippen LogP contribution >= 0.6 is 0 Å². The molecule has 0 spiro atoms. The van der Waals surface area contributed by atoms with Crippen LogP contribution in [0.15, 0.2) is 48.1 Å². The van der Waals surface area contributed by atoms with Gasteiger partial charge in [-0.3, -0.25) is 9.89 Å². The van der Waals surface area contributed by atoms with Crippen LogP contribution in [0.5, 0.6) is 0 Å². The van der Waals surface area contributed by atoms with Crippen LogP contribution in [0.25, 0.3) is 0 Å². The van der Waals surface area contributed by atoms with Crippen LogP contribution < -0.4 is 10.2 Å². The Hall–Kier alpha value is -3.00. The molecule has 4 aliphatic carbocycles. The zero-order valence-electron chi connectivity index (χ0n) is 23.7. The van der Waals surface area contributed by atoms with Crippen LogP contribution in [0.4, 0.5) is 15.9 Å². The van der Waals surface area contributed by atoms with E-state index in [0.717, 1.165) is 76.0 Å². The fourth-order valence-corrected chi connectivity index (χ4v) is 9.07. The first kappa shape index (κ1) is 25.9. The Morgan fingerprint density at radius 3 is 2.85 bits per heavy atom. The second-order valence-electron chi connectivity index (χ2n) is 13.0. The monoisotopic (exact) mass is 544 g/mol. The molecule has 212 valence electrons. The molecule has 0 bridgehead atoms. The van der Waals surface area contributed by atoms with Crippen molar-refractivity contribution in [3.63, 3.8) is 0 Å². The van der Waals surface area contributed by atoms with Gasteiger partial charge in [-0.25, -0.2) is 9.37 Å². The van der Waals surface area contributed by atoms with Crippen LogP contribution in [0, 0.1) is 23.7 Å². The Morgan fingerprint density at radius 1 is 1.20 bits per heavy atom. The first-order valence-electron chi connectivity index (χ1n) is 15.2. The first-order chi connectivity index (χ1) is 19.4. The maximum atomic E-state index is 14.7. The average Bonchev–Trinajstić information content (AvgIpc) is 3.54. The lowest BCUT2D eigenvalue weighted by Crippen LogP contribution is -2.48. The largest absolute Gasteiger partial charge is 0.368 e. The number of H-pyrrole nitrogens is 1. The summed E-state index contributed by atoms with van der Waals surface area (Å²) in [6.07, 6.45) is 14.0. The van der Waals surface area contributed by atoms with Crippen molar-refractivity contribution >= 4 is 17.4 Å². The van der Waals surface area contributed by atoms with E-state index in [1.807, 2.05) is 18.3 Å². The fourth-order valence-electron chi connectivity index (χ4n) is 9.07. The summed E-state index contributed by atoms with van der Waals surface area (Å²) in [5, 5.41) is 10.9. The Labute approximate surface area is 236 Å². The molecular formula is C32H41FN6O. The lowest BCUT2D eigenvalue weighted by atomic mass is 9.51. The number of aromatic amines is 1. The summed E-state index contributed by atoms with van der Waals surface area (Å²) < 4.78 is 14.7. The number of hydrogen-bond donors (Lipinski definition) is 2. The minimum atomic E-state index is 0.0132. The minimum absolute atomic E-state index is 0.0132. The van der Waals surface area contributed by atoms with Crippen molar-refractivity contribution in [2.24, 2.45) is 23.7 Å². The van der Waals surface area contributed by atoms with Gasteiger partial charge in [-0.15, -0.1) is 0 Å². The highest BCUT2D eigenvalue weighted by molar-refractivity contribution is 5.89. The van der Waals surface area contributed by atoms with Gasteiger partial charge in [-0.2, -0.15) is 5.10 Å². The molecule has 3 heterocycles. The van der Waals surface area contributed by atoms with Gasteiger partial charge >= 0.3 is 0 Å². The highest BCUT2D eigenvalue weighted by Crippen LogP contribution is 2.65. The van der Waals surface area contributed by atoms with E-state index in [2.05, 4.69) is 51.4 Å². The molecule has 4 unspecified atom stereocenters. The molecular weight excluding hydrogens is 503 g/mol. The number of hydrogen-bond acceptors (Lipinski definition) is 5. The number of nitrogens with one attached hydrogen (secondary N) is 2. The topological polar surface area (TPSA) is 77.1 Å². The summed E-state index contributed by atoms with van der Waals surface area (Å²) in [5.74, 6) is 2.77. The van der Waals surface area contributed by atoms with Crippen LogP contribution in [-0.4, -0.2) is 59.2 Å². The van der Waals surface area contributed by atoms with Crippen LogP contribution in [0.1, 0.15) is 69.0 Å². The average molecular weight is 545 g/mol. The third kappa shape index (κ3) is 4.30. The summed E-state index contributed by atoms with van der Waals surface area (Å²) in [5.41, 5.74) is 4.69. The molecule has 2 aromatic heterocycles. The molecule has 5 aliphatic rings. The minimum Gasteiger partial charge on any atom is -0.368 e. The summed E-state index contributed by atoms with van der Waals surface area (Å²) in [6.45, 7) is 6.48. The maximum Gasteiger partial charge on any atom is 0.225 e. The summed E-state index contributed by atoms with van der Waals surface area (Å²) >= 11 is 0. The Kier molecular flexibility index (Phi) is 6.56. The van der Waals surface area contributed by atoms with E-state index in [1.165, 1.54) is 11.3 Å². The molecule has 1 saturated heterocycles. The number of likely N-dealkylation sites (N-methyl/N-ethyl adjacent to an activating group) is 1. The quantitative estimate of drug-likeness (QED) is 0.515. The standard InChI is InChI=1S/C32H41FN6O/c1-32-13-12-22-21-4-3-5-27(33)23(21)7-8-24(22)30(32)25(26-19-35-37-31(26)32)9-11-29(40)36-28-10-6-20(18-34-28)39-16-14-38(2)15-17-39/h3,5-6,10,18-19,21-22,24-25,30H,4,7-9,11-17H2,1-2H3,(H,35,37)(H,34,36,40)/t21?,22?,24?,25-,30?,32+/m1/s1. The van der Waals surface area contributed by atoms with Gasteiger partial charge in [0.05, 0.1) is 17.6 Å². The second kappa shape index (κ2) is 10.1. The number of piperazine rings is 1. The number of halogens is 1. The van der Waals surface area contributed by atoms with Gasteiger partial charge in [0.2, 0.25) is 5.91 Å². The van der Waals surface area contributed by atoms with Crippen LogP contribution in [0.3, 0.4) is 0 Å². The molecule has 0 radical (unpaired) electrons. The van der Waals surface area contributed by atoms with Crippen LogP contribution in [0.2, 0.25) is 0 Å². The number of amides is 1. The van der Waals surface area contributed by atoms with Crippen molar-refractivity contribution < 1.29 is 9.18 Å². The van der Waals surface area contributed by atoms with Gasteiger partial charge in [-0.1, -0.05) is 13.0 Å². The highest BCUT2D eigenvalue weighted by atomic mass is 19.1. The first-order valence-corrected chi connectivity index (χ1v) is 15.2. The normalized spacial score (nSPS) is 33.3.